The van der Waals surface area contributed by atoms with Gasteiger partial charge in [0, 0.05) is 25.0 Å². The molecule has 1 unspecified atom stereocenters. The maximum Gasteiger partial charge on any atom is 0.212 e. The van der Waals surface area contributed by atoms with Crippen molar-refractivity contribution < 1.29 is 0 Å². The molecule has 1 atom stereocenters. The van der Waals surface area contributed by atoms with E-state index in [4.69, 9.17) is 0 Å². The molecule has 0 saturated carbocycles. The van der Waals surface area contributed by atoms with E-state index in [9.17, 15) is 0 Å². The summed E-state index contributed by atoms with van der Waals surface area (Å²) >= 11 is 1.69. The van der Waals surface area contributed by atoms with E-state index in [0.717, 1.165) is 27.8 Å². The van der Waals surface area contributed by atoms with Crippen LogP contribution in [0.25, 0.3) is 16.2 Å². The number of aromatic nitrogens is 4. The number of hydrogen-bond acceptors (Lipinski definition) is 4. The molecule has 1 N–H and O–H groups in total. The normalized spacial score (nSPS) is 19.5. The molecule has 3 aromatic heterocycles. The van der Waals surface area contributed by atoms with Gasteiger partial charge < -0.3 is 9.88 Å². The van der Waals surface area contributed by atoms with E-state index in [1.165, 1.54) is 12.8 Å². The highest BCUT2D eigenvalue weighted by atomic mass is 32.1. The van der Waals surface area contributed by atoms with Crippen LogP contribution in [0.1, 0.15) is 23.9 Å². The second-order valence-corrected chi connectivity index (χ2v) is 6.00. The van der Waals surface area contributed by atoms with Gasteiger partial charge in [-0.2, -0.15) is 5.10 Å². The maximum absolute atomic E-state index is 4.67. The van der Waals surface area contributed by atoms with Crippen LogP contribution in [-0.2, 0) is 7.05 Å². The van der Waals surface area contributed by atoms with Crippen molar-refractivity contribution in [1.29, 1.82) is 0 Å². The van der Waals surface area contributed by atoms with Crippen LogP contribution in [-0.4, -0.2) is 25.7 Å². The van der Waals surface area contributed by atoms with Crippen molar-refractivity contribution >= 4 is 16.3 Å². The molecule has 0 spiro atoms. The van der Waals surface area contributed by atoms with Gasteiger partial charge in [0.2, 0.25) is 4.96 Å². The highest BCUT2D eigenvalue weighted by Gasteiger charge is 2.21. The number of aryl methyl sites for hydroxylation is 1. The molecule has 5 nitrogen and oxygen atoms in total. The standard InChI is InChI=1S/C13H15N5S/c1-17-6-4-9(7-17)11-8-18-13(15-11)19-12(16-18)10-3-2-5-14-10/h4,6-8,10,14H,2-3,5H2,1H3. The lowest BCUT2D eigenvalue weighted by Crippen LogP contribution is -2.12. The van der Waals surface area contributed by atoms with Crippen LogP contribution in [0, 0.1) is 0 Å². The third kappa shape index (κ3) is 1.87. The summed E-state index contributed by atoms with van der Waals surface area (Å²) in [6.07, 6.45) is 8.54. The summed E-state index contributed by atoms with van der Waals surface area (Å²) in [4.78, 5) is 5.64. The van der Waals surface area contributed by atoms with Crippen molar-refractivity contribution in [2.75, 3.05) is 6.54 Å². The molecule has 1 aliphatic rings. The molecule has 3 aromatic rings. The molecule has 19 heavy (non-hydrogen) atoms. The number of nitrogens with zero attached hydrogens (tertiary/aromatic N) is 4. The molecule has 6 heteroatoms. The quantitative estimate of drug-likeness (QED) is 0.779. The summed E-state index contributed by atoms with van der Waals surface area (Å²) in [6, 6.07) is 2.50. The summed E-state index contributed by atoms with van der Waals surface area (Å²) in [6.45, 7) is 1.10. The molecule has 0 radical (unpaired) electrons. The Balaban J connectivity index is 1.71. The number of rotatable bonds is 2. The zero-order valence-electron chi connectivity index (χ0n) is 10.7. The molecule has 1 saturated heterocycles. The molecule has 4 heterocycles. The fourth-order valence-electron chi connectivity index (χ4n) is 2.55. The van der Waals surface area contributed by atoms with Crippen LogP contribution in [0.3, 0.4) is 0 Å². The average Bonchev–Trinajstić information content (AvgIpc) is 3.10. The third-order valence-electron chi connectivity index (χ3n) is 3.54. The van der Waals surface area contributed by atoms with Gasteiger partial charge in [0.1, 0.15) is 5.01 Å². The number of nitrogens with one attached hydrogen (secondary N) is 1. The first-order valence-corrected chi connectivity index (χ1v) is 7.33. The zero-order valence-corrected chi connectivity index (χ0v) is 11.5. The van der Waals surface area contributed by atoms with E-state index >= 15 is 0 Å². The van der Waals surface area contributed by atoms with Gasteiger partial charge in [-0.15, -0.1) is 0 Å². The minimum absolute atomic E-state index is 0.423. The minimum atomic E-state index is 0.423. The van der Waals surface area contributed by atoms with Crippen LogP contribution in [0.4, 0.5) is 0 Å². The SMILES string of the molecule is Cn1ccc(-c2cn3nc(C4CCCN4)sc3n2)c1. The van der Waals surface area contributed by atoms with E-state index < -0.39 is 0 Å². The van der Waals surface area contributed by atoms with E-state index in [1.807, 2.05) is 28.5 Å². The van der Waals surface area contributed by atoms with Gasteiger partial charge in [0.05, 0.1) is 17.9 Å². The van der Waals surface area contributed by atoms with Crippen LogP contribution in [0.5, 0.6) is 0 Å². The smallest absolute Gasteiger partial charge is 0.212 e. The lowest BCUT2D eigenvalue weighted by molar-refractivity contribution is 0.630. The summed E-state index contributed by atoms with van der Waals surface area (Å²) in [5, 5.41) is 9.28. The van der Waals surface area contributed by atoms with Crippen molar-refractivity contribution in [1.82, 2.24) is 24.5 Å². The van der Waals surface area contributed by atoms with Crippen LogP contribution in [0.15, 0.2) is 24.7 Å². The van der Waals surface area contributed by atoms with Crippen LogP contribution < -0.4 is 5.32 Å². The van der Waals surface area contributed by atoms with E-state index in [0.29, 0.717) is 6.04 Å². The van der Waals surface area contributed by atoms with Crippen LogP contribution >= 0.6 is 11.3 Å². The fourth-order valence-corrected chi connectivity index (χ4v) is 3.54. The maximum atomic E-state index is 4.67. The predicted molar refractivity (Wildman–Crippen MR) is 75.2 cm³/mol. The molecule has 98 valence electrons. The van der Waals surface area contributed by atoms with Gasteiger partial charge in [0.15, 0.2) is 0 Å². The van der Waals surface area contributed by atoms with Gasteiger partial charge in [-0.05, 0) is 25.5 Å². The Morgan fingerprint density at radius 2 is 2.37 bits per heavy atom. The topological polar surface area (TPSA) is 47.1 Å². The number of imidazole rings is 1. The highest BCUT2D eigenvalue weighted by Crippen LogP contribution is 2.28. The van der Waals surface area contributed by atoms with Gasteiger partial charge >= 0.3 is 0 Å². The Morgan fingerprint density at radius 3 is 3.05 bits per heavy atom. The summed E-state index contributed by atoms with van der Waals surface area (Å²) in [5.74, 6) is 0. The first-order valence-electron chi connectivity index (χ1n) is 6.51. The van der Waals surface area contributed by atoms with Gasteiger partial charge in [-0.3, -0.25) is 0 Å². The second-order valence-electron chi connectivity index (χ2n) is 5.01. The molecular weight excluding hydrogens is 258 g/mol. The van der Waals surface area contributed by atoms with Gasteiger partial charge in [-0.25, -0.2) is 9.50 Å². The molecule has 1 aliphatic heterocycles. The van der Waals surface area contributed by atoms with E-state index in [-0.39, 0.29) is 0 Å². The first-order chi connectivity index (χ1) is 9.29. The van der Waals surface area contributed by atoms with Crippen molar-refractivity contribution in [3.63, 3.8) is 0 Å². The Kier molecular flexibility index (Phi) is 2.46. The summed E-state index contributed by atoms with van der Waals surface area (Å²) in [5.41, 5.74) is 2.13. The van der Waals surface area contributed by atoms with Crippen molar-refractivity contribution in [3.05, 3.63) is 29.7 Å². The number of hydrogen-bond donors (Lipinski definition) is 1. The largest absolute Gasteiger partial charge is 0.357 e. The Morgan fingerprint density at radius 1 is 1.42 bits per heavy atom. The van der Waals surface area contributed by atoms with Crippen molar-refractivity contribution in [3.8, 4) is 11.3 Å². The summed E-state index contributed by atoms with van der Waals surface area (Å²) < 4.78 is 3.94. The lowest BCUT2D eigenvalue weighted by Gasteiger charge is -2.03. The Bertz CT molecular complexity index is 685. The molecule has 0 amide bonds. The monoisotopic (exact) mass is 273 g/mol. The van der Waals surface area contributed by atoms with E-state index in [1.54, 1.807) is 11.3 Å². The highest BCUT2D eigenvalue weighted by molar-refractivity contribution is 7.16. The second kappa shape index (κ2) is 4.18. The van der Waals surface area contributed by atoms with Crippen molar-refractivity contribution in [2.24, 2.45) is 7.05 Å². The molecular formula is C13H15N5S. The van der Waals surface area contributed by atoms with Gasteiger partial charge in [0.25, 0.3) is 0 Å². The van der Waals surface area contributed by atoms with Crippen molar-refractivity contribution in [2.45, 2.75) is 18.9 Å². The van der Waals surface area contributed by atoms with E-state index in [2.05, 4.69) is 27.7 Å². The molecule has 0 aliphatic carbocycles. The average molecular weight is 273 g/mol. The summed E-state index contributed by atoms with van der Waals surface area (Å²) in [7, 11) is 2.02. The third-order valence-corrected chi connectivity index (χ3v) is 4.58. The Labute approximate surface area is 114 Å². The first kappa shape index (κ1) is 11.2. The molecule has 0 aromatic carbocycles. The lowest BCUT2D eigenvalue weighted by atomic mass is 10.2. The molecule has 1 fully saturated rings. The molecule has 0 bridgehead atoms. The fraction of sp³-hybridized carbons (Fsp3) is 0.385. The van der Waals surface area contributed by atoms with Gasteiger partial charge in [-0.1, -0.05) is 11.3 Å². The Hall–Kier alpha value is -1.66. The minimum Gasteiger partial charge on any atom is -0.357 e. The number of fused-ring (bicyclic) bond motifs is 1. The van der Waals surface area contributed by atoms with Crippen LogP contribution in [0.2, 0.25) is 0 Å². The predicted octanol–water partition coefficient (Wildman–Crippen LogP) is 2.22. The molecule has 4 rings (SSSR count). The zero-order chi connectivity index (χ0) is 12.8.